The van der Waals surface area contributed by atoms with Gasteiger partial charge in [0.2, 0.25) is 0 Å². The maximum absolute atomic E-state index is 11.0. The Labute approximate surface area is 86.9 Å². The molecule has 0 saturated heterocycles. The minimum Gasteiger partial charge on any atom is -0.772 e. The van der Waals surface area contributed by atoms with Crippen LogP contribution in [-0.4, -0.2) is 22.4 Å². The van der Waals surface area contributed by atoms with Crippen molar-refractivity contribution < 1.29 is 22.4 Å². The van der Waals surface area contributed by atoms with Gasteiger partial charge in [0.1, 0.15) is 4.21 Å². The van der Waals surface area contributed by atoms with Crippen molar-refractivity contribution in [3.05, 3.63) is 17.0 Å². The summed E-state index contributed by atoms with van der Waals surface area (Å²) < 4.78 is 42.4. The molecule has 14 heavy (non-hydrogen) atoms. The van der Waals surface area contributed by atoms with E-state index in [-0.39, 0.29) is 9.96 Å². The van der Waals surface area contributed by atoms with E-state index >= 15 is 0 Å². The van der Waals surface area contributed by atoms with Gasteiger partial charge < -0.3 is 9.76 Å². The molecule has 0 amide bonds. The topological polar surface area (TPSA) is 107 Å². The fourth-order valence-corrected chi connectivity index (χ4v) is 3.33. The van der Waals surface area contributed by atoms with Crippen LogP contribution in [0.15, 0.2) is 16.3 Å². The van der Waals surface area contributed by atoms with Crippen LogP contribution in [0.4, 0.5) is 0 Å². The first kappa shape index (κ1) is 11.8. The lowest BCUT2D eigenvalue weighted by Crippen LogP contribution is -2.17. The van der Waals surface area contributed by atoms with Crippen molar-refractivity contribution in [2.24, 2.45) is 0 Å². The number of nitrogens with one attached hydrogen (secondary N) is 1. The Morgan fingerprint density at radius 3 is 2.71 bits per heavy atom. The molecule has 1 unspecified atom stereocenters. The van der Waals surface area contributed by atoms with Gasteiger partial charge in [0.25, 0.3) is 10.0 Å². The van der Waals surface area contributed by atoms with Gasteiger partial charge >= 0.3 is 0 Å². The van der Waals surface area contributed by atoms with E-state index in [4.69, 9.17) is 5.21 Å². The Bertz CT molecular complexity index is 436. The van der Waals surface area contributed by atoms with Gasteiger partial charge in [0.15, 0.2) is 0 Å². The van der Waals surface area contributed by atoms with Crippen molar-refractivity contribution in [1.29, 1.82) is 0 Å². The van der Waals surface area contributed by atoms with E-state index in [2.05, 4.69) is 0 Å². The van der Waals surface area contributed by atoms with E-state index in [9.17, 15) is 17.2 Å². The van der Waals surface area contributed by atoms with Crippen molar-refractivity contribution in [1.82, 2.24) is 4.89 Å². The third-order valence-electron chi connectivity index (χ3n) is 1.28. The molecular formula is C5H6NO5S3-. The summed E-state index contributed by atoms with van der Waals surface area (Å²) in [4.78, 5) is 1.55. The second kappa shape index (κ2) is 4.47. The van der Waals surface area contributed by atoms with Crippen LogP contribution in [0.25, 0.3) is 0 Å². The minimum atomic E-state index is -3.89. The molecule has 6 nitrogen and oxygen atoms in total. The Morgan fingerprint density at radius 2 is 2.21 bits per heavy atom. The first-order valence-electron chi connectivity index (χ1n) is 3.26. The molecule has 1 aromatic rings. The Balaban J connectivity index is 2.94. The Kier molecular flexibility index (Phi) is 3.75. The standard InChI is InChI=1S/C5H7NO5S3/c7-6-14(10,11)5-2-1-4(12-5)3-13(8)9/h1-2,6-7H,3H2,(H,8,9)/p-1. The van der Waals surface area contributed by atoms with Gasteiger partial charge in [-0.2, -0.15) is 0 Å². The maximum Gasteiger partial charge on any atom is 0.271 e. The van der Waals surface area contributed by atoms with Gasteiger partial charge in [-0.15, -0.1) is 11.3 Å². The first-order valence-corrected chi connectivity index (χ1v) is 6.80. The zero-order valence-electron chi connectivity index (χ0n) is 6.67. The second-order valence-electron chi connectivity index (χ2n) is 2.26. The molecule has 0 aliphatic heterocycles. The molecule has 0 aliphatic carbocycles. The van der Waals surface area contributed by atoms with Crippen molar-refractivity contribution in [3.8, 4) is 0 Å². The molecule has 1 heterocycles. The summed E-state index contributed by atoms with van der Waals surface area (Å²) in [5.74, 6) is -0.231. The second-order valence-corrected chi connectivity index (χ2v) is 6.22. The monoisotopic (exact) mass is 256 g/mol. The van der Waals surface area contributed by atoms with Crippen molar-refractivity contribution in [2.45, 2.75) is 9.96 Å². The van der Waals surface area contributed by atoms with Gasteiger partial charge in [-0.1, -0.05) is 4.89 Å². The molecule has 1 atom stereocenters. The third-order valence-corrected chi connectivity index (χ3v) is 4.71. The van der Waals surface area contributed by atoms with Crippen LogP contribution in [0, 0.1) is 0 Å². The number of hydrogen-bond donors (Lipinski definition) is 2. The van der Waals surface area contributed by atoms with E-state index in [1.165, 1.54) is 12.1 Å². The third kappa shape index (κ3) is 2.83. The molecule has 9 heteroatoms. The molecule has 1 aromatic heterocycles. The van der Waals surface area contributed by atoms with E-state index in [0.717, 1.165) is 16.2 Å². The highest BCUT2D eigenvalue weighted by molar-refractivity contribution is 7.91. The van der Waals surface area contributed by atoms with Crippen LogP contribution in [-0.2, 0) is 26.9 Å². The van der Waals surface area contributed by atoms with Crippen molar-refractivity contribution >= 4 is 32.4 Å². The fourth-order valence-electron chi connectivity index (χ4n) is 0.741. The van der Waals surface area contributed by atoms with Crippen LogP contribution >= 0.6 is 11.3 Å². The van der Waals surface area contributed by atoms with Crippen molar-refractivity contribution in [2.75, 3.05) is 0 Å². The molecule has 0 spiro atoms. The summed E-state index contributed by atoms with van der Waals surface area (Å²) in [6.45, 7) is 0. The zero-order valence-corrected chi connectivity index (χ0v) is 9.12. The fraction of sp³-hybridized carbons (Fsp3) is 0.200. The lowest BCUT2D eigenvalue weighted by molar-refractivity contribution is 0.243. The maximum atomic E-state index is 11.0. The average molecular weight is 256 g/mol. The Morgan fingerprint density at radius 1 is 1.57 bits per heavy atom. The van der Waals surface area contributed by atoms with Crippen LogP contribution < -0.4 is 4.89 Å². The van der Waals surface area contributed by atoms with E-state index in [0.29, 0.717) is 4.88 Å². The largest absolute Gasteiger partial charge is 0.772 e. The highest BCUT2D eigenvalue weighted by Crippen LogP contribution is 2.21. The highest BCUT2D eigenvalue weighted by atomic mass is 32.2. The lowest BCUT2D eigenvalue weighted by Gasteiger charge is -2.00. The van der Waals surface area contributed by atoms with Gasteiger partial charge in [0, 0.05) is 10.6 Å². The molecule has 0 saturated carbocycles. The first-order chi connectivity index (χ1) is 6.45. The number of thiophene rings is 1. The van der Waals surface area contributed by atoms with Gasteiger partial charge in [-0.05, 0) is 23.2 Å². The predicted octanol–water partition coefficient (Wildman–Crippen LogP) is -0.205. The van der Waals surface area contributed by atoms with Crippen LogP contribution in [0.5, 0.6) is 0 Å². The molecule has 0 radical (unpaired) electrons. The number of rotatable bonds is 4. The summed E-state index contributed by atoms with van der Waals surface area (Å²) >= 11 is -1.46. The number of sulfonamides is 1. The van der Waals surface area contributed by atoms with Gasteiger partial charge in [-0.25, -0.2) is 8.42 Å². The lowest BCUT2D eigenvalue weighted by atomic mass is 10.5. The van der Waals surface area contributed by atoms with Crippen LogP contribution in [0.2, 0.25) is 0 Å². The average Bonchev–Trinajstić information content (AvgIpc) is 2.52. The van der Waals surface area contributed by atoms with Crippen LogP contribution in [0.3, 0.4) is 0 Å². The SMILES string of the molecule is O=S([O-])Cc1ccc(S(=O)(=O)NO)s1. The summed E-state index contributed by atoms with van der Waals surface area (Å²) in [7, 11) is -3.89. The molecule has 2 N–H and O–H groups in total. The summed E-state index contributed by atoms with van der Waals surface area (Å²) in [5, 5.41) is 8.29. The minimum absolute atomic E-state index is 0.125. The quantitative estimate of drug-likeness (QED) is 0.573. The smallest absolute Gasteiger partial charge is 0.271 e. The van der Waals surface area contributed by atoms with Crippen molar-refractivity contribution in [3.63, 3.8) is 0 Å². The predicted molar refractivity (Wildman–Crippen MR) is 49.1 cm³/mol. The van der Waals surface area contributed by atoms with Gasteiger partial charge in [0.05, 0.1) is 0 Å². The summed E-state index contributed by atoms with van der Waals surface area (Å²) in [6, 6.07) is 2.61. The Hall–Kier alpha value is -0.320. The summed E-state index contributed by atoms with van der Waals surface area (Å²) in [5.41, 5.74) is 0. The molecule has 0 fully saturated rings. The van der Waals surface area contributed by atoms with Gasteiger partial charge in [-0.3, -0.25) is 4.21 Å². The van der Waals surface area contributed by atoms with E-state index in [1.54, 1.807) is 0 Å². The summed E-state index contributed by atoms with van der Waals surface area (Å²) in [6.07, 6.45) is 0. The molecule has 80 valence electrons. The number of hydrogen-bond acceptors (Lipinski definition) is 6. The molecular weight excluding hydrogens is 250 g/mol. The van der Waals surface area contributed by atoms with E-state index in [1.807, 2.05) is 0 Å². The highest BCUT2D eigenvalue weighted by Gasteiger charge is 2.15. The molecule has 0 bridgehead atoms. The molecule has 1 rings (SSSR count). The van der Waals surface area contributed by atoms with Crippen LogP contribution in [0.1, 0.15) is 4.88 Å². The zero-order chi connectivity index (χ0) is 10.8. The normalized spacial score (nSPS) is 14.1. The molecule has 0 aliphatic rings. The van der Waals surface area contributed by atoms with E-state index < -0.39 is 21.1 Å². The molecule has 0 aromatic carbocycles.